The van der Waals surface area contributed by atoms with E-state index < -0.39 is 9.84 Å². The number of carbonyl (C=O) groups is 1. The van der Waals surface area contributed by atoms with Gasteiger partial charge in [0.15, 0.2) is 9.84 Å². The van der Waals surface area contributed by atoms with Crippen LogP contribution in [-0.4, -0.2) is 40.3 Å². The molecular weight excluding hydrogens is 486 g/mol. The second-order valence-electron chi connectivity index (χ2n) is 9.40. The molecule has 3 heterocycles. The molecule has 0 saturated carbocycles. The number of aromatic nitrogens is 4. The summed E-state index contributed by atoms with van der Waals surface area (Å²) >= 11 is 0. The van der Waals surface area contributed by atoms with Gasteiger partial charge in [0.1, 0.15) is 0 Å². The SMILES string of the molecule is Cc1ccc2c(c1)c(CNC(=O)c1ccnc(Cc3cc(S(C)(=O)=O)c4cnc(C)cc4c3)c1)nn2C. The van der Waals surface area contributed by atoms with Crippen LogP contribution in [0.3, 0.4) is 0 Å². The number of pyridine rings is 2. The summed E-state index contributed by atoms with van der Waals surface area (Å²) in [5.74, 6) is -0.229. The molecule has 0 unspecified atom stereocenters. The predicted octanol–water partition coefficient (Wildman–Crippen LogP) is 4.06. The number of amides is 1. The van der Waals surface area contributed by atoms with Gasteiger partial charge in [0.2, 0.25) is 0 Å². The lowest BCUT2D eigenvalue weighted by Crippen LogP contribution is -2.23. The molecule has 0 bridgehead atoms. The highest BCUT2D eigenvalue weighted by atomic mass is 32.2. The van der Waals surface area contributed by atoms with Gasteiger partial charge in [-0.05, 0) is 61.2 Å². The number of carbonyl (C=O) groups excluding carboxylic acids is 1. The van der Waals surface area contributed by atoms with Crippen molar-refractivity contribution in [3.8, 4) is 0 Å². The minimum Gasteiger partial charge on any atom is -0.346 e. The van der Waals surface area contributed by atoms with E-state index in [2.05, 4.69) is 26.4 Å². The molecule has 3 aromatic heterocycles. The summed E-state index contributed by atoms with van der Waals surface area (Å²) in [6, 6.07) is 15.0. The monoisotopic (exact) mass is 513 g/mol. The van der Waals surface area contributed by atoms with Crippen molar-refractivity contribution in [2.75, 3.05) is 6.26 Å². The van der Waals surface area contributed by atoms with E-state index in [-0.39, 0.29) is 10.8 Å². The Bertz CT molecular complexity index is 1790. The van der Waals surface area contributed by atoms with Gasteiger partial charge in [0, 0.05) is 59.8 Å². The van der Waals surface area contributed by atoms with Crippen molar-refractivity contribution in [1.82, 2.24) is 25.1 Å². The maximum Gasteiger partial charge on any atom is 0.251 e. The number of benzene rings is 2. The molecule has 0 fully saturated rings. The molecule has 2 aromatic carbocycles. The van der Waals surface area contributed by atoms with Crippen LogP contribution in [0.25, 0.3) is 21.7 Å². The number of fused-ring (bicyclic) bond motifs is 2. The van der Waals surface area contributed by atoms with Crippen LogP contribution in [0.15, 0.2) is 65.8 Å². The maximum absolute atomic E-state index is 13.0. The Kier molecular flexibility index (Phi) is 6.25. The van der Waals surface area contributed by atoms with Crippen LogP contribution < -0.4 is 5.32 Å². The van der Waals surface area contributed by atoms with Gasteiger partial charge in [0.05, 0.1) is 22.7 Å². The molecule has 0 radical (unpaired) electrons. The minimum atomic E-state index is -3.46. The molecule has 0 saturated heterocycles. The second kappa shape index (κ2) is 9.40. The Balaban J connectivity index is 1.39. The summed E-state index contributed by atoms with van der Waals surface area (Å²) in [4.78, 5) is 21.9. The smallest absolute Gasteiger partial charge is 0.251 e. The average Bonchev–Trinajstić information content (AvgIpc) is 3.15. The zero-order valence-corrected chi connectivity index (χ0v) is 21.9. The Morgan fingerprint density at radius 1 is 1.00 bits per heavy atom. The molecule has 1 amide bonds. The highest BCUT2D eigenvalue weighted by Crippen LogP contribution is 2.26. The topological polar surface area (TPSA) is 107 Å². The zero-order chi connectivity index (χ0) is 26.3. The van der Waals surface area contributed by atoms with E-state index in [4.69, 9.17) is 0 Å². The van der Waals surface area contributed by atoms with E-state index in [0.717, 1.165) is 38.8 Å². The van der Waals surface area contributed by atoms with Gasteiger partial charge < -0.3 is 5.32 Å². The van der Waals surface area contributed by atoms with Crippen LogP contribution in [0.5, 0.6) is 0 Å². The van der Waals surface area contributed by atoms with Gasteiger partial charge in [-0.1, -0.05) is 17.7 Å². The second-order valence-corrected chi connectivity index (χ2v) is 11.4. The summed E-state index contributed by atoms with van der Waals surface area (Å²) in [7, 11) is -1.57. The van der Waals surface area contributed by atoms with Crippen molar-refractivity contribution >= 4 is 37.4 Å². The Morgan fingerprint density at radius 2 is 1.81 bits per heavy atom. The Labute approximate surface area is 215 Å². The number of aryl methyl sites for hydroxylation is 3. The van der Waals surface area contributed by atoms with Crippen molar-refractivity contribution in [1.29, 1.82) is 0 Å². The van der Waals surface area contributed by atoms with E-state index in [1.165, 1.54) is 6.26 Å². The fraction of sp³-hybridized carbons (Fsp3) is 0.214. The van der Waals surface area contributed by atoms with Crippen molar-refractivity contribution in [2.45, 2.75) is 31.7 Å². The lowest BCUT2D eigenvalue weighted by molar-refractivity contribution is 0.0950. The zero-order valence-electron chi connectivity index (χ0n) is 21.1. The van der Waals surface area contributed by atoms with Crippen LogP contribution >= 0.6 is 0 Å². The molecule has 0 spiro atoms. The number of nitrogens with one attached hydrogen (secondary N) is 1. The van der Waals surface area contributed by atoms with Crippen molar-refractivity contribution in [2.24, 2.45) is 7.05 Å². The normalized spacial score (nSPS) is 11.8. The molecule has 0 aliphatic carbocycles. The van der Waals surface area contributed by atoms with Crippen LogP contribution in [0.1, 0.15) is 38.6 Å². The first-order chi connectivity index (χ1) is 17.6. The first-order valence-electron chi connectivity index (χ1n) is 11.8. The quantitative estimate of drug-likeness (QED) is 0.367. The number of nitrogens with zero attached hydrogens (tertiary/aromatic N) is 4. The number of hydrogen-bond donors (Lipinski definition) is 1. The predicted molar refractivity (Wildman–Crippen MR) is 143 cm³/mol. The molecular formula is C28H27N5O3S. The van der Waals surface area contributed by atoms with Crippen LogP contribution in [0.2, 0.25) is 0 Å². The largest absolute Gasteiger partial charge is 0.346 e. The molecule has 8 nitrogen and oxygen atoms in total. The maximum atomic E-state index is 13.0. The Hall–Kier alpha value is -4.11. The molecule has 0 atom stereocenters. The highest BCUT2D eigenvalue weighted by molar-refractivity contribution is 7.91. The molecule has 1 N–H and O–H groups in total. The summed E-state index contributed by atoms with van der Waals surface area (Å²) in [6.07, 6.45) is 4.77. The third-order valence-electron chi connectivity index (χ3n) is 6.36. The van der Waals surface area contributed by atoms with Gasteiger partial charge >= 0.3 is 0 Å². The standard InChI is InChI=1S/C28H27N5O3S/c1-17-5-6-26-23(9-17)25(32-33(26)3)16-31-28(34)20-7-8-29-22(14-20)12-19-11-21-10-18(2)30-15-24(21)27(13-19)37(4,35)36/h5-11,13-15H,12,16H2,1-4H3,(H,31,34). The Morgan fingerprint density at radius 3 is 2.59 bits per heavy atom. The van der Waals surface area contributed by atoms with Gasteiger partial charge in [-0.3, -0.25) is 19.4 Å². The lowest BCUT2D eigenvalue weighted by atomic mass is 10.0. The summed E-state index contributed by atoms with van der Waals surface area (Å²) in [6.45, 7) is 4.19. The van der Waals surface area contributed by atoms with E-state index in [0.29, 0.717) is 29.6 Å². The first kappa shape index (κ1) is 24.6. The van der Waals surface area contributed by atoms with Gasteiger partial charge in [-0.2, -0.15) is 5.10 Å². The number of sulfone groups is 1. The fourth-order valence-corrected chi connectivity index (χ4v) is 5.51. The third-order valence-corrected chi connectivity index (χ3v) is 7.49. The van der Waals surface area contributed by atoms with Crippen LogP contribution in [-0.2, 0) is 29.9 Å². The molecule has 188 valence electrons. The first-order valence-corrected chi connectivity index (χ1v) is 13.7. The van der Waals surface area contributed by atoms with E-state index in [1.807, 2.05) is 49.8 Å². The molecule has 5 aromatic rings. The van der Waals surface area contributed by atoms with Crippen molar-refractivity contribution in [3.63, 3.8) is 0 Å². The van der Waals surface area contributed by atoms with E-state index >= 15 is 0 Å². The van der Waals surface area contributed by atoms with Crippen molar-refractivity contribution in [3.05, 3.63) is 94.7 Å². The average molecular weight is 514 g/mol. The third kappa shape index (κ3) is 5.08. The van der Waals surface area contributed by atoms with Gasteiger partial charge in [-0.15, -0.1) is 0 Å². The van der Waals surface area contributed by atoms with Crippen LogP contribution in [0, 0.1) is 13.8 Å². The molecule has 9 heteroatoms. The van der Waals surface area contributed by atoms with E-state index in [1.54, 1.807) is 30.6 Å². The number of rotatable bonds is 6. The van der Waals surface area contributed by atoms with Gasteiger partial charge in [0.25, 0.3) is 5.91 Å². The molecule has 5 rings (SSSR count). The fourth-order valence-electron chi connectivity index (χ4n) is 4.58. The number of hydrogen-bond acceptors (Lipinski definition) is 6. The van der Waals surface area contributed by atoms with Gasteiger partial charge in [-0.25, -0.2) is 8.42 Å². The summed E-state index contributed by atoms with van der Waals surface area (Å²) < 4.78 is 26.7. The molecule has 37 heavy (non-hydrogen) atoms. The van der Waals surface area contributed by atoms with E-state index in [9.17, 15) is 13.2 Å². The lowest BCUT2D eigenvalue weighted by Gasteiger charge is -2.10. The van der Waals surface area contributed by atoms with Crippen molar-refractivity contribution < 1.29 is 13.2 Å². The molecule has 0 aliphatic heterocycles. The summed E-state index contributed by atoms with van der Waals surface area (Å²) in [5, 5.41) is 9.94. The molecule has 0 aliphatic rings. The highest BCUT2D eigenvalue weighted by Gasteiger charge is 2.16. The minimum absolute atomic E-state index is 0.229. The van der Waals surface area contributed by atoms with Crippen LogP contribution in [0.4, 0.5) is 0 Å². The summed E-state index contributed by atoms with van der Waals surface area (Å²) in [5.41, 5.74) is 5.68.